The van der Waals surface area contributed by atoms with Crippen LogP contribution in [0, 0.1) is 20.8 Å². The van der Waals surface area contributed by atoms with Crippen LogP contribution in [0.15, 0.2) is 28.5 Å². The van der Waals surface area contributed by atoms with Gasteiger partial charge in [-0.1, -0.05) is 26.2 Å². The summed E-state index contributed by atoms with van der Waals surface area (Å²) < 4.78 is 28.0. The van der Waals surface area contributed by atoms with Gasteiger partial charge in [0.05, 0.1) is 5.69 Å². The molecule has 0 spiro atoms. The standard InChI is InChI=1S/C19H28N2O2S2/c1-5-6-7-8-10-20-17-12-14(2)19(15(3)13-17)21-25(22,23)18-9-11-24-16(18)4/h9,11-13,20-21H,5-8,10H2,1-4H3. The molecule has 0 saturated heterocycles. The van der Waals surface area contributed by atoms with Crippen LogP contribution in [0.2, 0.25) is 0 Å². The monoisotopic (exact) mass is 380 g/mol. The maximum absolute atomic E-state index is 12.6. The summed E-state index contributed by atoms with van der Waals surface area (Å²) in [6.45, 7) is 8.85. The summed E-state index contributed by atoms with van der Waals surface area (Å²) in [5, 5.41) is 5.24. The van der Waals surface area contributed by atoms with Gasteiger partial charge in [-0.05, 0) is 61.9 Å². The summed E-state index contributed by atoms with van der Waals surface area (Å²) in [6.07, 6.45) is 4.89. The van der Waals surface area contributed by atoms with E-state index in [2.05, 4.69) is 17.0 Å². The first-order chi connectivity index (χ1) is 11.8. The third-order valence-corrected chi connectivity index (χ3v) is 6.70. The van der Waals surface area contributed by atoms with Crippen LogP contribution < -0.4 is 10.0 Å². The van der Waals surface area contributed by atoms with Gasteiger partial charge in [-0.15, -0.1) is 11.3 Å². The lowest BCUT2D eigenvalue weighted by molar-refractivity contribution is 0.601. The van der Waals surface area contributed by atoms with Gasteiger partial charge in [-0.3, -0.25) is 4.72 Å². The molecular formula is C19H28N2O2S2. The molecule has 0 bridgehead atoms. The van der Waals surface area contributed by atoms with E-state index in [-0.39, 0.29) is 0 Å². The number of sulfonamides is 1. The topological polar surface area (TPSA) is 58.2 Å². The molecule has 0 unspecified atom stereocenters. The number of unbranched alkanes of at least 4 members (excludes halogenated alkanes) is 3. The minimum atomic E-state index is -3.55. The average molecular weight is 381 g/mol. The molecule has 2 rings (SSSR count). The number of benzene rings is 1. The van der Waals surface area contributed by atoms with E-state index in [1.165, 1.54) is 30.6 Å². The Bertz CT molecular complexity index is 788. The Morgan fingerprint density at radius 3 is 2.28 bits per heavy atom. The normalized spacial score (nSPS) is 11.5. The molecule has 0 aliphatic heterocycles. The van der Waals surface area contributed by atoms with Crippen molar-refractivity contribution in [3.05, 3.63) is 39.6 Å². The van der Waals surface area contributed by atoms with Crippen molar-refractivity contribution in [3.63, 3.8) is 0 Å². The van der Waals surface area contributed by atoms with Crippen molar-refractivity contribution in [1.29, 1.82) is 0 Å². The van der Waals surface area contributed by atoms with E-state index in [0.717, 1.165) is 34.7 Å². The molecular weight excluding hydrogens is 352 g/mol. The second-order valence-corrected chi connectivity index (χ2v) is 9.19. The van der Waals surface area contributed by atoms with Gasteiger partial charge in [0.15, 0.2) is 0 Å². The maximum Gasteiger partial charge on any atom is 0.263 e. The Balaban J connectivity index is 2.11. The highest BCUT2D eigenvalue weighted by Crippen LogP contribution is 2.29. The van der Waals surface area contributed by atoms with Crippen molar-refractivity contribution in [2.75, 3.05) is 16.6 Å². The molecule has 2 N–H and O–H groups in total. The molecule has 1 heterocycles. The molecule has 25 heavy (non-hydrogen) atoms. The Morgan fingerprint density at radius 2 is 1.72 bits per heavy atom. The summed E-state index contributed by atoms with van der Waals surface area (Å²) in [5.74, 6) is 0. The highest BCUT2D eigenvalue weighted by molar-refractivity contribution is 7.93. The quantitative estimate of drug-likeness (QED) is 0.567. The molecule has 2 aromatic rings. The van der Waals surface area contributed by atoms with Gasteiger partial charge < -0.3 is 5.32 Å². The van der Waals surface area contributed by atoms with Crippen molar-refractivity contribution in [2.24, 2.45) is 0 Å². The predicted molar refractivity (Wildman–Crippen MR) is 108 cm³/mol. The second kappa shape index (κ2) is 8.72. The molecule has 0 saturated carbocycles. The Morgan fingerprint density at radius 1 is 1.04 bits per heavy atom. The van der Waals surface area contributed by atoms with E-state index in [1.54, 1.807) is 11.4 Å². The first-order valence-electron chi connectivity index (χ1n) is 8.77. The minimum absolute atomic E-state index is 0.356. The third-order valence-electron chi connectivity index (χ3n) is 4.23. The molecule has 0 aliphatic carbocycles. The number of hydrogen-bond acceptors (Lipinski definition) is 4. The molecule has 0 radical (unpaired) electrons. The van der Waals surface area contributed by atoms with Crippen LogP contribution in [0.5, 0.6) is 0 Å². The number of thiophene rings is 1. The summed E-state index contributed by atoms with van der Waals surface area (Å²) in [5.41, 5.74) is 3.56. The van der Waals surface area contributed by atoms with E-state index < -0.39 is 10.0 Å². The molecule has 0 aliphatic rings. The summed E-state index contributed by atoms with van der Waals surface area (Å²) in [7, 11) is -3.55. The zero-order valence-corrected chi connectivity index (χ0v) is 17.1. The number of hydrogen-bond donors (Lipinski definition) is 2. The van der Waals surface area contributed by atoms with Crippen LogP contribution in [0.25, 0.3) is 0 Å². The molecule has 138 valence electrons. The largest absolute Gasteiger partial charge is 0.385 e. The maximum atomic E-state index is 12.6. The van der Waals surface area contributed by atoms with Gasteiger partial charge in [-0.25, -0.2) is 8.42 Å². The van der Waals surface area contributed by atoms with Crippen LogP contribution in [-0.4, -0.2) is 15.0 Å². The van der Waals surface area contributed by atoms with Crippen molar-refractivity contribution < 1.29 is 8.42 Å². The SMILES string of the molecule is CCCCCCNc1cc(C)c(NS(=O)(=O)c2ccsc2C)c(C)c1. The van der Waals surface area contributed by atoms with E-state index >= 15 is 0 Å². The first-order valence-corrected chi connectivity index (χ1v) is 11.1. The van der Waals surface area contributed by atoms with Crippen LogP contribution in [0.4, 0.5) is 11.4 Å². The zero-order chi connectivity index (χ0) is 18.4. The van der Waals surface area contributed by atoms with Crippen LogP contribution in [0.3, 0.4) is 0 Å². The molecule has 4 nitrogen and oxygen atoms in total. The number of anilines is 2. The summed E-state index contributed by atoms with van der Waals surface area (Å²) >= 11 is 1.44. The van der Waals surface area contributed by atoms with Crippen molar-refractivity contribution in [1.82, 2.24) is 0 Å². The molecule has 1 aromatic carbocycles. The van der Waals surface area contributed by atoms with Gasteiger partial charge in [0, 0.05) is 17.1 Å². The zero-order valence-electron chi connectivity index (χ0n) is 15.5. The van der Waals surface area contributed by atoms with E-state index in [1.807, 2.05) is 32.9 Å². The van der Waals surface area contributed by atoms with E-state index in [9.17, 15) is 8.42 Å². The first kappa shape index (κ1) is 19.8. The Labute approximate surface area is 155 Å². The Kier molecular flexibility index (Phi) is 6.90. The van der Waals surface area contributed by atoms with Crippen LogP contribution >= 0.6 is 11.3 Å². The third kappa shape index (κ3) is 5.22. The van der Waals surface area contributed by atoms with Crippen LogP contribution in [0.1, 0.15) is 48.6 Å². The molecule has 0 fully saturated rings. The van der Waals surface area contributed by atoms with Gasteiger partial charge in [-0.2, -0.15) is 0 Å². The molecule has 0 atom stereocenters. The fourth-order valence-electron chi connectivity index (χ4n) is 2.85. The fourth-order valence-corrected chi connectivity index (χ4v) is 5.33. The number of rotatable bonds is 9. The van der Waals surface area contributed by atoms with Gasteiger partial charge in [0.1, 0.15) is 4.90 Å². The molecule has 6 heteroatoms. The molecule has 1 aromatic heterocycles. The van der Waals surface area contributed by atoms with Crippen molar-refractivity contribution in [2.45, 2.75) is 58.3 Å². The lowest BCUT2D eigenvalue weighted by Gasteiger charge is -2.16. The van der Waals surface area contributed by atoms with Gasteiger partial charge >= 0.3 is 0 Å². The number of nitrogens with one attached hydrogen (secondary N) is 2. The lowest BCUT2D eigenvalue weighted by Crippen LogP contribution is -2.15. The fraction of sp³-hybridized carbons (Fsp3) is 0.474. The highest BCUT2D eigenvalue weighted by atomic mass is 32.2. The predicted octanol–water partition coefficient (Wildman–Crippen LogP) is 5.47. The lowest BCUT2D eigenvalue weighted by atomic mass is 10.1. The second-order valence-electron chi connectivity index (χ2n) is 6.42. The van der Waals surface area contributed by atoms with Crippen LogP contribution in [-0.2, 0) is 10.0 Å². The minimum Gasteiger partial charge on any atom is -0.385 e. The number of aryl methyl sites for hydroxylation is 3. The molecule has 0 amide bonds. The van der Waals surface area contributed by atoms with Gasteiger partial charge in [0.2, 0.25) is 0 Å². The van der Waals surface area contributed by atoms with Crippen molar-refractivity contribution >= 4 is 32.7 Å². The van der Waals surface area contributed by atoms with E-state index in [0.29, 0.717) is 10.6 Å². The van der Waals surface area contributed by atoms with Crippen molar-refractivity contribution in [3.8, 4) is 0 Å². The van der Waals surface area contributed by atoms with E-state index in [4.69, 9.17) is 0 Å². The Hall–Kier alpha value is -1.53. The highest BCUT2D eigenvalue weighted by Gasteiger charge is 2.19. The summed E-state index contributed by atoms with van der Waals surface area (Å²) in [6, 6.07) is 5.66. The smallest absolute Gasteiger partial charge is 0.263 e. The summed E-state index contributed by atoms with van der Waals surface area (Å²) in [4.78, 5) is 1.16. The average Bonchev–Trinajstić information content (AvgIpc) is 2.98. The van der Waals surface area contributed by atoms with Gasteiger partial charge in [0.25, 0.3) is 10.0 Å².